The Kier molecular flexibility index (Phi) is 9.85. The number of nitrogens with zero attached hydrogens (tertiary/aromatic N) is 4. The minimum Gasteiger partial charge on any atom is -0.466 e. The highest BCUT2D eigenvalue weighted by Gasteiger charge is 2.41. The predicted molar refractivity (Wildman–Crippen MR) is 144 cm³/mol. The third kappa shape index (κ3) is 7.38. The average Bonchev–Trinajstić information content (AvgIpc) is 3.65. The van der Waals surface area contributed by atoms with Gasteiger partial charge < -0.3 is 4.74 Å². The van der Waals surface area contributed by atoms with Crippen LogP contribution in [0.2, 0.25) is 0 Å². The van der Waals surface area contributed by atoms with Crippen LogP contribution in [0.25, 0.3) is 6.08 Å². The van der Waals surface area contributed by atoms with E-state index in [4.69, 9.17) is 4.74 Å². The molecule has 1 aromatic carbocycles. The third-order valence-electron chi connectivity index (χ3n) is 6.89. The van der Waals surface area contributed by atoms with Crippen LogP contribution in [0.5, 0.6) is 0 Å². The van der Waals surface area contributed by atoms with Crippen molar-refractivity contribution in [1.29, 1.82) is 0 Å². The lowest BCUT2D eigenvalue weighted by Crippen LogP contribution is -2.43. The molecule has 2 aromatic rings. The molecule has 0 spiro atoms. The Balaban J connectivity index is 1.54. The maximum Gasteiger partial charge on any atom is 0.305 e. The highest BCUT2D eigenvalue weighted by atomic mass is 32.2. The number of hydrogen-bond acceptors (Lipinski definition) is 8. The maximum absolute atomic E-state index is 14.9. The highest BCUT2D eigenvalue weighted by Crippen LogP contribution is 2.40. The van der Waals surface area contributed by atoms with Crippen LogP contribution in [-0.4, -0.2) is 61.7 Å². The Morgan fingerprint density at radius 3 is 2.71 bits per heavy atom. The molecule has 2 heterocycles. The second-order valence-corrected chi connectivity index (χ2v) is 11.2. The summed E-state index contributed by atoms with van der Waals surface area (Å²) in [5.41, 5.74) is 2.19. The molecule has 0 bridgehead atoms. The first kappa shape index (κ1) is 28.2. The van der Waals surface area contributed by atoms with E-state index in [1.165, 1.54) is 17.8 Å². The number of likely N-dealkylation sites (tertiary alicyclic amines) is 1. The van der Waals surface area contributed by atoms with Crippen LogP contribution >= 0.6 is 11.8 Å². The molecule has 0 N–H and O–H groups in total. The van der Waals surface area contributed by atoms with Gasteiger partial charge in [-0.3, -0.25) is 19.3 Å². The number of esters is 1. The molecule has 1 aliphatic heterocycles. The number of piperidine rings is 1. The summed E-state index contributed by atoms with van der Waals surface area (Å²) in [6, 6.07) is 5.87. The summed E-state index contributed by atoms with van der Waals surface area (Å²) in [5, 5.41) is 8.26. The van der Waals surface area contributed by atoms with E-state index in [-0.39, 0.29) is 33.9 Å². The Morgan fingerprint density at radius 1 is 1.21 bits per heavy atom. The van der Waals surface area contributed by atoms with Gasteiger partial charge in [-0.1, -0.05) is 35.2 Å². The van der Waals surface area contributed by atoms with Crippen molar-refractivity contribution in [1.82, 2.24) is 19.9 Å². The van der Waals surface area contributed by atoms with E-state index < -0.39 is 6.04 Å². The second kappa shape index (κ2) is 13.3. The monoisotopic (exact) mass is 542 g/mol. The average molecular weight is 543 g/mol. The summed E-state index contributed by atoms with van der Waals surface area (Å²) in [4.78, 5) is 39.1. The molecule has 2 atom stereocenters. The zero-order valence-electron chi connectivity index (χ0n) is 22.0. The van der Waals surface area contributed by atoms with Gasteiger partial charge in [0.05, 0.1) is 24.5 Å². The van der Waals surface area contributed by atoms with Crippen LogP contribution in [0.15, 0.2) is 36.0 Å². The largest absolute Gasteiger partial charge is 0.466 e. The highest BCUT2D eigenvalue weighted by molar-refractivity contribution is 8.14. The normalized spacial score (nSPS) is 19.9. The van der Waals surface area contributed by atoms with Crippen molar-refractivity contribution in [2.24, 2.45) is 5.92 Å². The second-order valence-electron chi connectivity index (χ2n) is 9.82. The first-order chi connectivity index (χ1) is 18.4. The molecule has 10 heteroatoms. The van der Waals surface area contributed by atoms with Crippen LogP contribution < -0.4 is 0 Å². The van der Waals surface area contributed by atoms with Gasteiger partial charge in [-0.05, 0) is 56.7 Å². The number of carbonyl (C=O) groups excluding carboxylic acids is 3. The number of Topliss-reactive ketones (excluding diaryl/α,β-unsaturated/α-hetero) is 1. The number of unbranched alkanes of at least 4 members (excludes halogenated alkanes) is 1. The van der Waals surface area contributed by atoms with Gasteiger partial charge in [0.1, 0.15) is 5.82 Å². The summed E-state index contributed by atoms with van der Waals surface area (Å²) in [7, 11) is 0. The first-order valence-corrected chi connectivity index (χ1v) is 14.2. The predicted octanol–water partition coefficient (Wildman–Crippen LogP) is 4.61. The van der Waals surface area contributed by atoms with Gasteiger partial charge in [-0.25, -0.2) is 9.07 Å². The lowest BCUT2D eigenvalue weighted by molar-refractivity contribution is -0.143. The summed E-state index contributed by atoms with van der Waals surface area (Å²) in [6.07, 6.45) is 7.82. The summed E-state index contributed by atoms with van der Waals surface area (Å²) < 4.78 is 21.7. The van der Waals surface area contributed by atoms with Gasteiger partial charge in [-0.2, -0.15) is 0 Å². The number of ether oxygens (including phenoxy) is 1. The zero-order chi connectivity index (χ0) is 27.1. The van der Waals surface area contributed by atoms with Gasteiger partial charge in [0, 0.05) is 49.7 Å². The molecule has 1 aromatic heterocycles. The number of aryl methyl sites for hydroxylation is 1. The van der Waals surface area contributed by atoms with E-state index in [9.17, 15) is 18.8 Å². The number of ketones is 1. The maximum atomic E-state index is 14.9. The van der Waals surface area contributed by atoms with Crippen LogP contribution in [0, 0.1) is 11.7 Å². The standard InChI is InChI=1S/C28H35FN4O4S/c1-3-37-26(35)10-6-7-14-33-22(17-30-31-33)16-21-18-32(15-13-25(21)38-19(2)34)27(28(36)20-11-12-20)23-8-4-5-9-24(23)29/h4-5,8-9,16-17,20,25,27H,3,6-7,10-15,18H2,1-2H3/b21-16+. The molecule has 0 amide bonds. The Labute approximate surface area is 227 Å². The molecule has 4 rings (SSSR count). The van der Waals surface area contributed by atoms with Gasteiger partial charge in [-0.15, -0.1) is 5.10 Å². The number of aromatic nitrogens is 3. The summed E-state index contributed by atoms with van der Waals surface area (Å²) in [6.45, 7) is 5.34. The molecular formula is C28H35FN4O4S. The lowest BCUT2D eigenvalue weighted by Gasteiger charge is -2.38. The molecule has 8 nitrogen and oxygen atoms in total. The van der Waals surface area contributed by atoms with E-state index in [2.05, 4.69) is 15.2 Å². The van der Waals surface area contributed by atoms with Crippen molar-refractivity contribution in [2.75, 3.05) is 19.7 Å². The zero-order valence-corrected chi connectivity index (χ0v) is 22.8. The van der Waals surface area contributed by atoms with Crippen molar-refractivity contribution in [3.05, 3.63) is 53.1 Å². The minimum atomic E-state index is -0.652. The van der Waals surface area contributed by atoms with E-state index >= 15 is 0 Å². The fourth-order valence-electron chi connectivity index (χ4n) is 4.90. The Morgan fingerprint density at radius 2 is 2.00 bits per heavy atom. The molecular weight excluding hydrogens is 507 g/mol. The van der Waals surface area contributed by atoms with E-state index in [1.54, 1.807) is 42.9 Å². The molecule has 1 aliphatic carbocycles. The van der Waals surface area contributed by atoms with Crippen LogP contribution in [0.4, 0.5) is 4.39 Å². The van der Waals surface area contributed by atoms with E-state index in [1.807, 2.05) is 6.08 Å². The number of thioether (sulfide) groups is 1. The Hall–Kier alpha value is -2.85. The minimum absolute atomic E-state index is 0.0170. The van der Waals surface area contributed by atoms with E-state index in [0.717, 1.165) is 30.5 Å². The van der Waals surface area contributed by atoms with Gasteiger partial charge >= 0.3 is 5.97 Å². The molecule has 1 saturated heterocycles. The van der Waals surface area contributed by atoms with Crippen LogP contribution in [0.3, 0.4) is 0 Å². The van der Waals surface area contributed by atoms with Crippen molar-refractivity contribution >= 4 is 34.7 Å². The fourth-order valence-corrected chi connectivity index (χ4v) is 5.82. The number of carbonyl (C=O) groups is 3. The van der Waals surface area contributed by atoms with E-state index in [0.29, 0.717) is 51.1 Å². The summed E-state index contributed by atoms with van der Waals surface area (Å²) in [5.74, 6) is -0.524. The van der Waals surface area contributed by atoms with Crippen LogP contribution in [0.1, 0.15) is 69.7 Å². The van der Waals surface area contributed by atoms with Crippen molar-refractivity contribution in [2.45, 2.75) is 70.2 Å². The van der Waals surface area contributed by atoms with Crippen molar-refractivity contribution < 1.29 is 23.5 Å². The lowest BCUT2D eigenvalue weighted by atomic mass is 9.93. The molecule has 2 fully saturated rings. The van der Waals surface area contributed by atoms with Crippen molar-refractivity contribution in [3.63, 3.8) is 0 Å². The van der Waals surface area contributed by atoms with Gasteiger partial charge in [0.2, 0.25) is 0 Å². The number of halogens is 1. The van der Waals surface area contributed by atoms with Crippen molar-refractivity contribution in [3.8, 4) is 0 Å². The first-order valence-electron chi connectivity index (χ1n) is 13.3. The molecule has 38 heavy (non-hydrogen) atoms. The fraction of sp³-hybridized carbons (Fsp3) is 0.536. The molecule has 0 radical (unpaired) electrons. The smallest absolute Gasteiger partial charge is 0.305 e. The molecule has 2 unspecified atom stereocenters. The summed E-state index contributed by atoms with van der Waals surface area (Å²) >= 11 is 1.29. The Bertz CT molecular complexity index is 1180. The van der Waals surface area contributed by atoms with Gasteiger partial charge in [0.25, 0.3) is 0 Å². The number of hydrogen-bond donors (Lipinski definition) is 0. The van der Waals surface area contributed by atoms with Crippen LogP contribution in [-0.2, 0) is 25.7 Å². The quantitative estimate of drug-likeness (QED) is 0.284. The number of benzene rings is 1. The number of rotatable bonds is 12. The molecule has 1 saturated carbocycles. The topological polar surface area (TPSA) is 94.4 Å². The SMILES string of the molecule is CCOC(=O)CCCCn1nncc1/C=C1\CN(C(C(=O)C2CC2)c2ccccc2F)CCC1SC(C)=O. The third-order valence-corrected chi connectivity index (χ3v) is 8.04. The molecule has 2 aliphatic rings. The molecule has 204 valence electrons. The van der Waals surface area contributed by atoms with Gasteiger partial charge in [0.15, 0.2) is 10.9 Å².